The zero-order valence-corrected chi connectivity index (χ0v) is 11.2. The van der Waals surface area contributed by atoms with Crippen LogP contribution in [0.1, 0.15) is 38.5 Å². The largest absolute Gasteiger partial charge is 0.317 e. The van der Waals surface area contributed by atoms with Crippen LogP contribution in [0.3, 0.4) is 0 Å². The van der Waals surface area contributed by atoms with Gasteiger partial charge in [-0.2, -0.15) is 11.8 Å². The van der Waals surface area contributed by atoms with Gasteiger partial charge in [0.15, 0.2) is 0 Å². The lowest BCUT2D eigenvalue weighted by molar-refractivity contribution is 0.435. The summed E-state index contributed by atoms with van der Waals surface area (Å²) in [5.41, 5.74) is 0. The average molecular weight is 242 g/mol. The van der Waals surface area contributed by atoms with Crippen molar-refractivity contribution in [3.05, 3.63) is 0 Å². The van der Waals surface area contributed by atoms with E-state index in [1.54, 1.807) is 0 Å². The molecule has 0 aromatic carbocycles. The van der Waals surface area contributed by atoms with Crippen molar-refractivity contribution < 1.29 is 0 Å². The van der Waals surface area contributed by atoms with Crippen LogP contribution in [-0.2, 0) is 0 Å². The van der Waals surface area contributed by atoms with Gasteiger partial charge in [0, 0.05) is 6.04 Å². The minimum atomic E-state index is 0.875. The predicted molar refractivity (Wildman–Crippen MR) is 73.2 cm³/mol. The Kier molecular flexibility index (Phi) is 6.02. The van der Waals surface area contributed by atoms with E-state index < -0.39 is 0 Å². The van der Waals surface area contributed by atoms with Crippen molar-refractivity contribution in [3.63, 3.8) is 0 Å². The van der Waals surface area contributed by atoms with Crippen LogP contribution in [0.4, 0.5) is 0 Å². The molecule has 0 aromatic rings. The van der Waals surface area contributed by atoms with Crippen molar-refractivity contribution >= 4 is 11.8 Å². The number of nitrogens with one attached hydrogen (secondary N) is 2. The van der Waals surface area contributed by atoms with Gasteiger partial charge in [0.25, 0.3) is 0 Å². The van der Waals surface area contributed by atoms with Crippen molar-refractivity contribution in [3.8, 4) is 0 Å². The summed E-state index contributed by atoms with van der Waals surface area (Å²) >= 11 is 2.13. The van der Waals surface area contributed by atoms with Crippen LogP contribution in [0.15, 0.2) is 0 Å². The average Bonchev–Trinajstić information content (AvgIpc) is 3.13. The van der Waals surface area contributed by atoms with E-state index in [0.717, 1.165) is 12.0 Å². The van der Waals surface area contributed by atoms with Gasteiger partial charge in [-0.25, -0.2) is 0 Å². The second-order valence-corrected chi connectivity index (χ2v) is 6.40. The first-order valence-corrected chi connectivity index (χ1v) is 8.12. The molecular weight excluding hydrogens is 216 g/mol. The van der Waals surface area contributed by atoms with Crippen LogP contribution < -0.4 is 10.6 Å². The predicted octanol–water partition coefficient (Wildman–Crippen LogP) is 2.25. The highest BCUT2D eigenvalue weighted by molar-refractivity contribution is 7.99. The van der Waals surface area contributed by atoms with Crippen molar-refractivity contribution in [1.82, 2.24) is 10.6 Å². The third-order valence-electron chi connectivity index (χ3n) is 3.61. The number of thioether (sulfide) groups is 1. The molecule has 0 bridgehead atoms. The van der Waals surface area contributed by atoms with Crippen LogP contribution >= 0.6 is 11.8 Å². The number of rotatable bonds is 8. The lowest BCUT2D eigenvalue weighted by atomic mass is 9.99. The molecule has 94 valence electrons. The van der Waals surface area contributed by atoms with E-state index in [2.05, 4.69) is 22.4 Å². The monoisotopic (exact) mass is 242 g/mol. The zero-order chi connectivity index (χ0) is 11.1. The van der Waals surface area contributed by atoms with Gasteiger partial charge < -0.3 is 10.6 Å². The summed E-state index contributed by atoms with van der Waals surface area (Å²) in [7, 11) is 0. The Hall–Kier alpha value is 0.270. The van der Waals surface area contributed by atoms with E-state index in [1.807, 2.05) is 0 Å². The molecule has 2 fully saturated rings. The molecule has 1 aliphatic carbocycles. The van der Waals surface area contributed by atoms with Gasteiger partial charge >= 0.3 is 0 Å². The molecule has 1 heterocycles. The van der Waals surface area contributed by atoms with Crippen molar-refractivity contribution in [2.75, 3.05) is 31.1 Å². The SMILES string of the molecule is C(CNCCC1CCSCC1)CNC1CC1. The summed E-state index contributed by atoms with van der Waals surface area (Å²) in [4.78, 5) is 0. The second kappa shape index (κ2) is 7.57. The Balaban J connectivity index is 1.33. The first-order chi connectivity index (χ1) is 7.95. The lowest BCUT2D eigenvalue weighted by Gasteiger charge is -2.21. The molecule has 0 radical (unpaired) electrons. The maximum Gasteiger partial charge on any atom is 0.00682 e. The Morgan fingerprint density at radius 3 is 2.50 bits per heavy atom. The molecule has 2 nitrogen and oxygen atoms in total. The Morgan fingerprint density at radius 1 is 0.938 bits per heavy atom. The molecular formula is C13H26N2S. The second-order valence-electron chi connectivity index (χ2n) is 5.18. The molecule has 0 aromatic heterocycles. The van der Waals surface area contributed by atoms with Crippen LogP contribution in [-0.4, -0.2) is 37.2 Å². The Bertz CT molecular complexity index is 177. The minimum Gasteiger partial charge on any atom is -0.317 e. The van der Waals surface area contributed by atoms with Gasteiger partial charge in [0.1, 0.15) is 0 Å². The highest BCUT2D eigenvalue weighted by atomic mass is 32.2. The van der Waals surface area contributed by atoms with Gasteiger partial charge in [-0.1, -0.05) is 0 Å². The molecule has 0 amide bonds. The molecule has 1 saturated carbocycles. The molecule has 1 aliphatic heterocycles. The zero-order valence-electron chi connectivity index (χ0n) is 10.3. The third-order valence-corrected chi connectivity index (χ3v) is 4.66. The Labute approximate surface area is 104 Å². The molecule has 2 aliphatic rings. The van der Waals surface area contributed by atoms with Gasteiger partial charge in [0.2, 0.25) is 0 Å². The highest BCUT2D eigenvalue weighted by Gasteiger charge is 2.19. The molecule has 16 heavy (non-hydrogen) atoms. The van der Waals surface area contributed by atoms with E-state index in [9.17, 15) is 0 Å². The first-order valence-electron chi connectivity index (χ1n) is 6.97. The molecule has 0 unspecified atom stereocenters. The summed E-state index contributed by atoms with van der Waals surface area (Å²) in [5, 5.41) is 7.13. The van der Waals surface area contributed by atoms with Crippen molar-refractivity contribution in [2.24, 2.45) is 5.92 Å². The van der Waals surface area contributed by atoms with E-state index in [4.69, 9.17) is 0 Å². The van der Waals surface area contributed by atoms with Crippen molar-refractivity contribution in [1.29, 1.82) is 0 Å². The van der Waals surface area contributed by atoms with Crippen LogP contribution in [0.5, 0.6) is 0 Å². The Morgan fingerprint density at radius 2 is 1.75 bits per heavy atom. The fourth-order valence-corrected chi connectivity index (χ4v) is 3.48. The fourth-order valence-electron chi connectivity index (χ4n) is 2.27. The summed E-state index contributed by atoms with van der Waals surface area (Å²) in [5.74, 6) is 3.81. The highest BCUT2D eigenvalue weighted by Crippen LogP contribution is 2.24. The lowest BCUT2D eigenvalue weighted by Crippen LogP contribution is -2.25. The van der Waals surface area contributed by atoms with Gasteiger partial charge in [-0.05, 0) is 75.6 Å². The molecule has 1 saturated heterocycles. The maximum atomic E-state index is 3.58. The summed E-state index contributed by atoms with van der Waals surface area (Å²) < 4.78 is 0. The normalized spacial score (nSPS) is 22.5. The molecule has 3 heteroatoms. The van der Waals surface area contributed by atoms with Gasteiger partial charge in [0.05, 0.1) is 0 Å². The fraction of sp³-hybridized carbons (Fsp3) is 1.00. The minimum absolute atomic E-state index is 0.875. The van der Waals surface area contributed by atoms with E-state index >= 15 is 0 Å². The molecule has 2 N–H and O–H groups in total. The van der Waals surface area contributed by atoms with Crippen LogP contribution in [0.25, 0.3) is 0 Å². The van der Waals surface area contributed by atoms with Crippen LogP contribution in [0.2, 0.25) is 0 Å². The van der Waals surface area contributed by atoms with Crippen LogP contribution in [0, 0.1) is 5.92 Å². The topological polar surface area (TPSA) is 24.1 Å². The number of hydrogen-bond donors (Lipinski definition) is 2. The van der Waals surface area contributed by atoms with E-state index in [-0.39, 0.29) is 0 Å². The summed E-state index contributed by atoms with van der Waals surface area (Å²) in [6.45, 7) is 3.64. The maximum absolute atomic E-state index is 3.58. The number of hydrogen-bond acceptors (Lipinski definition) is 3. The van der Waals surface area contributed by atoms with Crippen molar-refractivity contribution in [2.45, 2.75) is 44.6 Å². The van der Waals surface area contributed by atoms with Gasteiger partial charge in [-0.3, -0.25) is 0 Å². The standard InChI is InChI=1S/C13H26N2S/c1(8-15-13-2-3-13)7-14-9-4-12-5-10-16-11-6-12/h12-15H,1-11H2. The molecule has 0 spiro atoms. The quantitative estimate of drug-likeness (QED) is 0.638. The smallest absolute Gasteiger partial charge is 0.00682 e. The summed E-state index contributed by atoms with van der Waals surface area (Å²) in [6.07, 6.45) is 8.42. The van der Waals surface area contributed by atoms with E-state index in [1.165, 1.54) is 69.7 Å². The molecule has 2 rings (SSSR count). The van der Waals surface area contributed by atoms with Gasteiger partial charge in [-0.15, -0.1) is 0 Å². The summed E-state index contributed by atoms with van der Waals surface area (Å²) in [6, 6.07) is 0.875. The first kappa shape index (κ1) is 12.7. The molecule has 0 atom stereocenters. The third kappa shape index (κ3) is 5.55. The van der Waals surface area contributed by atoms with E-state index in [0.29, 0.717) is 0 Å².